The highest BCUT2D eigenvalue weighted by atomic mass is 32.2. The number of hydrogen-bond acceptors (Lipinski definition) is 6. The Balaban J connectivity index is 1.63. The Kier molecular flexibility index (Phi) is 3.76. The molecule has 8 heteroatoms. The highest BCUT2D eigenvalue weighted by Crippen LogP contribution is 2.19. The average molecular weight is 352 g/mol. The third-order valence-electron chi connectivity index (χ3n) is 3.81. The molecule has 7 nitrogen and oxygen atoms in total. The molecule has 25 heavy (non-hydrogen) atoms. The fraction of sp³-hybridized carbons (Fsp3) is 0.235. The number of thioether (sulfide) groups is 1. The summed E-state index contributed by atoms with van der Waals surface area (Å²) in [5.41, 5.74) is 4.18. The molecule has 0 bridgehead atoms. The van der Waals surface area contributed by atoms with E-state index in [1.165, 1.54) is 11.8 Å². The topological polar surface area (TPSA) is 77.4 Å². The summed E-state index contributed by atoms with van der Waals surface area (Å²) < 4.78 is 3.28. The lowest BCUT2D eigenvalue weighted by Crippen LogP contribution is -2.15. The molecule has 0 spiro atoms. The van der Waals surface area contributed by atoms with Gasteiger partial charge in [0, 0.05) is 29.4 Å². The molecule has 0 aliphatic rings. The summed E-state index contributed by atoms with van der Waals surface area (Å²) in [5, 5.41) is 5.08. The Morgan fingerprint density at radius 2 is 1.92 bits per heavy atom. The molecule has 0 radical (unpaired) electrons. The third kappa shape index (κ3) is 3.00. The smallest absolute Gasteiger partial charge is 0.258 e. The van der Waals surface area contributed by atoms with Crippen molar-refractivity contribution in [2.75, 3.05) is 0 Å². The van der Waals surface area contributed by atoms with E-state index < -0.39 is 0 Å². The maximum absolute atomic E-state index is 12.3. The monoisotopic (exact) mass is 352 g/mol. The van der Waals surface area contributed by atoms with Crippen LogP contribution in [0.25, 0.3) is 11.4 Å². The summed E-state index contributed by atoms with van der Waals surface area (Å²) in [4.78, 5) is 25.6. The molecule has 0 amide bonds. The van der Waals surface area contributed by atoms with Gasteiger partial charge in [0.1, 0.15) is 5.65 Å². The second-order valence-corrected chi connectivity index (χ2v) is 6.90. The van der Waals surface area contributed by atoms with Crippen molar-refractivity contribution in [2.45, 2.75) is 31.7 Å². The molecule has 0 aliphatic heterocycles. The first-order chi connectivity index (χ1) is 12.0. The molecule has 0 atom stereocenters. The summed E-state index contributed by atoms with van der Waals surface area (Å²) in [6.07, 6.45) is 1.79. The van der Waals surface area contributed by atoms with Gasteiger partial charge in [0.25, 0.3) is 11.3 Å². The molecule has 0 unspecified atom stereocenters. The fourth-order valence-electron chi connectivity index (χ4n) is 2.68. The van der Waals surface area contributed by atoms with Crippen molar-refractivity contribution in [3.8, 4) is 0 Å². The number of rotatable bonds is 3. The largest absolute Gasteiger partial charge is 0.269 e. The second kappa shape index (κ2) is 5.96. The van der Waals surface area contributed by atoms with Crippen LogP contribution in [0.15, 0.2) is 40.4 Å². The van der Waals surface area contributed by atoms with Crippen molar-refractivity contribution in [2.24, 2.45) is 0 Å². The highest BCUT2D eigenvalue weighted by Gasteiger charge is 2.10. The molecule has 4 aromatic rings. The van der Waals surface area contributed by atoms with Gasteiger partial charge in [-0.05, 0) is 38.5 Å². The number of aromatic nitrogens is 6. The molecule has 0 saturated heterocycles. The quantitative estimate of drug-likeness (QED) is 0.527. The molecular weight excluding hydrogens is 336 g/mol. The van der Waals surface area contributed by atoms with Crippen molar-refractivity contribution in [3.63, 3.8) is 0 Å². The summed E-state index contributed by atoms with van der Waals surface area (Å²) in [6.45, 7) is 5.85. The molecule has 0 aromatic carbocycles. The number of nitrogens with zero attached hydrogens (tertiary/aromatic N) is 6. The van der Waals surface area contributed by atoms with E-state index in [9.17, 15) is 4.79 Å². The van der Waals surface area contributed by atoms with E-state index in [0.717, 1.165) is 17.0 Å². The predicted molar refractivity (Wildman–Crippen MR) is 96.0 cm³/mol. The lowest BCUT2D eigenvalue weighted by molar-refractivity contribution is 0.843. The molecule has 0 N–H and O–H groups in total. The molecule has 4 aromatic heterocycles. The molecule has 4 rings (SSSR count). The normalized spacial score (nSPS) is 11.5. The van der Waals surface area contributed by atoms with Crippen molar-refractivity contribution in [3.05, 3.63) is 63.5 Å². The van der Waals surface area contributed by atoms with Crippen LogP contribution in [0.3, 0.4) is 0 Å². The highest BCUT2D eigenvalue weighted by molar-refractivity contribution is 7.98. The van der Waals surface area contributed by atoms with Crippen LogP contribution in [0.1, 0.15) is 22.6 Å². The van der Waals surface area contributed by atoms with Gasteiger partial charge in [0.2, 0.25) is 5.16 Å². The van der Waals surface area contributed by atoms with Gasteiger partial charge in [0.05, 0.1) is 5.69 Å². The first kappa shape index (κ1) is 15.8. The minimum absolute atomic E-state index is 0.0830. The van der Waals surface area contributed by atoms with Crippen LogP contribution >= 0.6 is 11.8 Å². The molecule has 0 fully saturated rings. The lowest BCUT2D eigenvalue weighted by atomic mass is 10.3. The fourth-order valence-corrected chi connectivity index (χ4v) is 3.39. The first-order valence-corrected chi connectivity index (χ1v) is 8.81. The predicted octanol–water partition coefficient (Wildman–Crippen LogP) is 2.35. The Morgan fingerprint density at radius 1 is 1.08 bits per heavy atom. The SMILES string of the molecule is Cc1ccc2nc(CSc3nc4nc(C)cc(C)n4n3)cc(=O)n2c1. The van der Waals surface area contributed by atoms with Crippen LogP contribution in [0, 0.1) is 20.8 Å². The summed E-state index contributed by atoms with van der Waals surface area (Å²) >= 11 is 1.44. The zero-order chi connectivity index (χ0) is 17.6. The van der Waals surface area contributed by atoms with Gasteiger partial charge >= 0.3 is 0 Å². The zero-order valence-corrected chi connectivity index (χ0v) is 14.9. The van der Waals surface area contributed by atoms with Crippen LogP contribution in [0.4, 0.5) is 0 Å². The molecule has 4 heterocycles. The van der Waals surface area contributed by atoms with Crippen LogP contribution in [-0.2, 0) is 5.75 Å². The van der Waals surface area contributed by atoms with E-state index in [1.54, 1.807) is 21.2 Å². The first-order valence-electron chi connectivity index (χ1n) is 7.82. The minimum Gasteiger partial charge on any atom is -0.269 e. The zero-order valence-electron chi connectivity index (χ0n) is 14.1. The summed E-state index contributed by atoms with van der Waals surface area (Å²) in [6, 6.07) is 7.32. The minimum atomic E-state index is -0.0830. The van der Waals surface area contributed by atoms with Crippen LogP contribution in [0.2, 0.25) is 0 Å². The molecular formula is C17H16N6OS. The van der Waals surface area contributed by atoms with Crippen molar-refractivity contribution in [1.29, 1.82) is 0 Å². The van der Waals surface area contributed by atoms with E-state index in [2.05, 4.69) is 20.1 Å². The van der Waals surface area contributed by atoms with Gasteiger partial charge in [-0.25, -0.2) is 14.5 Å². The lowest BCUT2D eigenvalue weighted by Gasteiger charge is -2.03. The van der Waals surface area contributed by atoms with Crippen molar-refractivity contribution >= 4 is 23.2 Å². The number of pyridine rings is 1. The van der Waals surface area contributed by atoms with E-state index >= 15 is 0 Å². The molecule has 126 valence electrons. The second-order valence-electron chi connectivity index (χ2n) is 5.95. The Hall–Kier alpha value is -2.74. The maximum Gasteiger partial charge on any atom is 0.258 e. The van der Waals surface area contributed by atoms with E-state index in [1.807, 2.05) is 39.0 Å². The van der Waals surface area contributed by atoms with Gasteiger partial charge in [-0.3, -0.25) is 9.20 Å². The Morgan fingerprint density at radius 3 is 2.76 bits per heavy atom. The van der Waals surface area contributed by atoms with Crippen LogP contribution in [-0.4, -0.2) is 29.0 Å². The van der Waals surface area contributed by atoms with Crippen LogP contribution in [0.5, 0.6) is 0 Å². The van der Waals surface area contributed by atoms with Gasteiger partial charge in [-0.1, -0.05) is 17.8 Å². The van der Waals surface area contributed by atoms with Crippen molar-refractivity contribution < 1.29 is 0 Å². The van der Waals surface area contributed by atoms with E-state index in [4.69, 9.17) is 0 Å². The van der Waals surface area contributed by atoms with Gasteiger partial charge in [-0.15, -0.1) is 5.10 Å². The van der Waals surface area contributed by atoms with Gasteiger partial charge in [-0.2, -0.15) is 4.98 Å². The molecule has 0 saturated carbocycles. The van der Waals surface area contributed by atoms with Crippen molar-refractivity contribution in [1.82, 2.24) is 29.0 Å². The number of hydrogen-bond donors (Lipinski definition) is 0. The summed E-state index contributed by atoms with van der Waals surface area (Å²) in [5.74, 6) is 1.11. The van der Waals surface area contributed by atoms with Crippen LogP contribution < -0.4 is 5.56 Å². The number of fused-ring (bicyclic) bond motifs is 2. The van der Waals surface area contributed by atoms with Gasteiger partial charge in [0.15, 0.2) is 0 Å². The Bertz CT molecular complexity index is 1160. The average Bonchev–Trinajstić information content (AvgIpc) is 2.97. The Labute approximate surface area is 147 Å². The third-order valence-corrected chi connectivity index (χ3v) is 4.68. The maximum atomic E-state index is 12.3. The van der Waals surface area contributed by atoms with Gasteiger partial charge < -0.3 is 0 Å². The summed E-state index contributed by atoms with van der Waals surface area (Å²) in [7, 11) is 0. The van der Waals surface area contributed by atoms with E-state index in [-0.39, 0.29) is 5.56 Å². The molecule has 0 aliphatic carbocycles. The number of aryl methyl sites for hydroxylation is 3. The standard InChI is InChI=1S/C17H16N6OS/c1-10-4-5-14-19-13(7-15(24)22(14)8-10)9-25-17-20-16-18-11(2)6-12(3)23(16)21-17/h4-8H,9H2,1-3H3. The van der Waals surface area contributed by atoms with E-state index in [0.29, 0.717) is 28.0 Å².